The Morgan fingerprint density at radius 3 is 2.65 bits per heavy atom. The van der Waals surface area contributed by atoms with Gasteiger partial charge in [0.1, 0.15) is 0 Å². The largest absolute Gasteiger partial charge is 0.381 e. The standard InChI is InChI=1S/C13H17F2NO/c14-13(15)12-3-1-10(2-4-12)7-16-8-11-5-6-17-9-11/h1-4,11,13,16H,5-9H2. The zero-order valence-electron chi connectivity index (χ0n) is 9.66. The highest BCUT2D eigenvalue weighted by molar-refractivity contribution is 5.23. The first-order chi connectivity index (χ1) is 8.25. The molecule has 1 atom stereocenters. The van der Waals surface area contributed by atoms with E-state index in [0.29, 0.717) is 5.92 Å². The third-order valence-corrected chi connectivity index (χ3v) is 3.02. The third-order valence-electron chi connectivity index (χ3n) is 3.02. The average Bonchev–Trinajstić information content (AvgIpc) is 2.83. The van der Waals surface area contributed by atoms with Crippen molar-refractivity contribution >= 4 is 0 Å². The van der Waals surface area contributed by atoms with E-state index in [-0.39, 0.29) is 5.56 Å². The molecule has 1 heterocycles. The van der Waals surface area contributed by atoms with Crippen molar-refractivity contribution in [1.29, 1.82) is 0 Å². The quantitative estimate of drug-likeness (QED) is 0.855. The van der Waals surface area contributed by atoms with Gasteiger partial charge in [0.25, 0.3) is 6.43 Å². The number of nitrogens with one attached hydrogen (secondary N) is 1. The maximum Gasteiger partial charge on any atom is 0.263 e. The number of benzene rings is 1. The lowest BCUT2D eigenvalue weighted by Gasteiger charge is -2.09. The summed E-state index contributed by atoms with van der Waals surface area (Å²) in [5, 5.41) is 3.32. The molecule has 0 aliphatic carbocycles. The van der Waals surface area contributed by atoms with Crippen molar-refractivity contribution in [2.75, 3.05) is 19.8 Å². The summed E-state index contributed by atoms with van der Waals surface area (Å²) in [7, 11) is 0. The summed E-state index contributed by atoms with van der Waals surface area (Å²) >= 11 is 0. The van der Waals surface area contributed by atoms with Crippen LogP contribution in [0.3, 0.4) is 0 Å². The molecule has 0 bridgehead atoms. The molecule has 0 aromatic heterocycles. The van der Waals surface area contributed by atoms with Gasteiger partial charge in [-0.2, -0.15) is 0 Å². The van der Waals surface area contributed by atoms with Crippen LogP contribution >= 0.6 is 0 Å². The lowest BCUT2D eigenvalue weighted by molar-refractivity contribution is 0.151. The van der Waals surface area contributed by atoms with Crippen LogP contribution in [-0.4, -0.2) is 19.8 Å². The average molecular weight is 241 g/mol. The molecule has 1 aromatic rings. The molecule has 1 fully saturated rings. The molecule has 2 rings (SSSR count). The zero-order chi connectivity index (χ0) is 12.1. The minimum atomic E-state index is -2.38. The van der Waals surface area contributed by atoms with E-state index < -0.39 is 6.43 Å². The molecule has 1 unspecified atom stereocenters. The molecule has 0 radical (unpaired) electrons. The lowest BCUT2D eigenvalue weighted by atomic mass is 10.1. The first kappa shape index (κ1) is 12.5. The van der Waals surface area contributed by atoms with Crippen LogP contribution in [0.15, 0.2) is 24.3 Å². The molecule has 0 spiro atoms. The Labute approximate surface area is 100.0 Å². The number of halogens is 2. The van der Waals surface area contributed by atoms with E-state index in [1.165, 1.54) is 12.1 Å². The van der Waals surface area contributed by atoms with Crippen LogP contribution in [0.1, 0.15) is 24.0 Å². The second-order valence-corrected chi connectivity index (χ2v) is 4.40. The van der Waals surface area contributed by atoms with Crippen molar-refractivity contribution in [1.82, 2.24) is 5.32 Å². The van der Waals surface area contributed by atoms with E-state index in [4.69, 9.17) is 4.74 Å². The van der Waals surface area contributed by atoms with Gasteiger partial charge >= 0.3 is 0 Å². The van der Waals surface area contributed by atoms with Gasteiger partial charge in [-0.1, -0.05) is 24.3 Å². The fourth-order valence-corrected chi connectivity index (χ4v) is 1.95. The monoisotopic (exact) mass is 241 g/mol. The molecule has 1 aromatic carbocycles. The highest BCUT2D eigenvalue weighted by atomic mass is 19.3. The van der Waals surface area contributed by atoms with E-state index in [1.807, 2.05) is 0 Å². The van der Waals surface area contributed by atoms with E-state index in [1.54, 1.807) is 12.1 Å². The maximum atomic E-state index is 12.3. The van der Waals surface area contributed by atoms with Gasteiger partial charge in [0, 0.05) is 25.3 Å². The highest BCUT2D eigenvalue weighted by Crippen LogP contribution is 2.18. The van der Waals surface area contributed by atoms with Crippen LogP contribution in [0.2, 0.25) is 0 Å². The lowest BCUT2D eigenvalue weighted by Crippen LogP contribution is -2.22. The topological polar surface area (TPSA) is 21.3 Å². The molecular weight excluding hydrogens is 224 g/mol. The fourth-order valence-electron chi connectivity index (χ4n) is 1.95. The Balaban J connectivity index is 1.74. The van der Waals surface area contributed by atoms with Crippen molar-refractivity contribution in [3.8, 4) is 0 Å². The first-order valence-corrected chi connectivity index (χ1v) is 5.91. The van der Waals surface area contributed by atoms with Gasteiger partial charge in [0.15, 0.2) is 0 Å². The maximum absolute atomic E-state index is 12.3. The third kappa shape index (κ3) is 3.75. The van der Waals surface area contributed by atoms with Gasteiger partial charge in [-0.25, -0.2) is 8.78 Å². The summed E-state index contributed by atoms with van der Waals surface area (Å²) < 4.78 is 29.9. The van der Waals surface area contributed by atoms with Crippen LogP contribution in [0.5, 0.6) is 0 Å². The second-order valence-electron chi connectivity index (χ2n) is 4.40. The van der Waals surface area contributed by atoms with Gasteiger partial charge < -0.3 is 10.1 Å². The Bertz CT molecular complexity index is 334. The summed E-state index contributed by atoms with van der Waals surface area (Å²) in [4.78, 5) is 0. The normalized spacial score (nSPS) is 20.1. The van der Waals surface area contributed by atoms with Gasteiger partial charge in [0.05, 0.1) is 6.61 Å². The van der Waals surface area contributed by atoms with Gasteiger partial charge in [-0.05, 0) is 17.9 Å². The van der Waals surface area contributed by atoms with Gasteiger partial charge in [0.2, 0.25) is 0 Å². The van der Waals surface area contributed by atoms with E-state index in [2.05, 4.69) is 5.32 Å². The summed E-state index contributed by atoms with van der Waals surface area (Å²) in [5.41, 5.74) is 1.12. The summed E-state index contributed by atoms with van der Waals surface area (Å²) in [6.07, 6.45) is -1.27. The molecule has 1 N–H and O–H groups in total. The number of alkyl halides is 2. The zero-order valence-corrected chi connectivity index (χ0v) is 9.66. The number of ether oxygens (including phenoxy) is 1. The van der Waals surface area contributed by atoms with Crippen LogP contribution in [-0.2, 0) is 11.3 Å². The molecule has 0 amide bonds. The van der Waals surface area contributed by atoms with Crippen molar-refractivity contribution in [2.24, 2.45) is 5.92 Å². The molecule has 2 nitrogen and oxygen atoms in total. The van der Waals surface area contributed by atoms with E-state index >= 15 is 0 Å². The van der Waals surface area contributed by atoms with Crippen molar-refractivity contribution < 1.29 is 13.5 Å². The van der Waals surface area contributed by atoms with E-state index in [0.717, 1.165) is 38.3 Å². The minimum absolute atomic E-state index is 0.0814. The smallest absolute Gasteiger partial charge is 0.263 e. The molecule has 1 saturated heterocycles. The second kappa shape index (κ2) is 6.07. The van der Waals surface area contributed by atoms with Crippen LogP contribution in [0.25, 0.3) is 0 Å². The highest BCUT2D eigenvalue weighted by Gasteiger charge is 2.14. The molecular formula is C13H17F2NO. The van der Waals surface area contributed by atoms with Gasteiger partial charge in [-0.3, -0.25) is 0 Å². The van der Waals surface area contributed by atoms with Crippen molar-refractivity contribution in [2.45, 2.75) is 19.4 Å². The van der Waals surface area contributed by atoms with Crippen LogP contribution in [0.4, 0.5) is 8.78 Å². The fraction of sp³-hybridized carbons (Fsp3) is 0.538. The number of rotatable bonds is 5. The Kier molecular flexibility index (Phi) is 4.45. The van der Waals surface area contributed by atoms with Crippen LogP contribution in [0, 0.1) is 5.92 Å². The Morgan fingerprint density at radius 1 is 1.29 bits per heavy atom. The SMILES string of the molecule is FC(F)c1ccc(CNCC2CCOC2)cc1. The molecule has 1 aliphatic rings. The summed E-state index contributed by atoms with van der Waals surface area (Å²) in [6, 6.07) is 6.47. The Morgan fingerprint density at radius 2 is 2.06 bits per heavy atom. The summed E-state index contributed by atoms with van der Waals surface area (Å²) in [6.45, 7) is 3.34. The first-order valence-electron chi connectivity index (χ1n) is 5.91. The van der Waals surface area contributed by atoms with Gasteiger partial charge in [-0.15, -0.1) is 0 Å². The Hall–Kier alpha value is -1.00. The van der Waals surface area contributed by atoms with E-state index in [9.17, 15) is 8.78 Å². The number of hydrogen-bond donors (Lipinski definition) is 1. The predicted octanol–water partition coefficient (Wildman–Crippen LogP) is 2.75. The summed E-state index contributed by atoms with van der Waals surface area (Å²) in [5.74, 6) is 0.593. The predicted molar refractivity (Wildman–Crippen MR) is 62.0 cm³/mol. The molecule has 1 aliphatic heterocycles. The van der Waals surface area contributed by atoms with Crippen LogP contribution < -0.4 is 5.32 Å². The van der Waals surface area contributed by atoms with Crippen molar-refractivity contribution in [3.63, 3.8) is 0 Å². The van der Waals surface area contributed by atoms with Crippen molar-refractivity contribution in [3.05, 3.63) is 35.4 Å². The molecule has 4 heteroatoms. The molecule has 94 valence electrons. The molecule has 17 heavy (non-hydrogen) atoms. The number of hydrogen-bond acceptors (Lipinski definition) is 2. The minimum Gasteiger partial charge on any atom is -0.381 e. The molecule has 0 saturated carbocycles.